The van der Waals surface area contributed by atoms with Crippen molar-refractivity contribution in [3.05, 3.63) is 23.5 Å². The monoisotopic (exact) mass is 266 g/mol. The highest BCUT2D eigenvalue weighted by atomic mass is 19.1. The lowest BCUT2D eigenvalue weighted by atomic mass is 9.95. The van der Waals surface area contributed by atoms with Crippen LogP contribution < -0.4 is 10.2 Å². The molecule has 0 saturated heterocycles. The van der Waals surface area contributed by atoms with Gasteiger partial charge in [-0.1, -0.05) is 27.7 Å². The van der Waals surface area contributed by atoms with Crippen molar-refractivity contribution in [2.75, 3.05) is 30.4 Å². The van der Waals surface area contributed by atoms with Gasteiger partial charge in [0.1, 0.15) is 5.82 Å². The van der Waals surface area contributed by atoms with Crippen molar-refractivity contribution in [1.29, 1.82) is 0 Å². The fourth-order valence-corrected chi connectivity index (χ4v) is 2.33. The number of nitrogens with zero attached hydrogens (tertiary/aromatic N) is 1. The molecule has 0 radical (unpaired) electrons. The number of hydrogen-bond donors (Lipinski definition) is 1. The Balaban J connectivity index is 3.12. The summed E-state index contributed by atoms with van der Waals surface area (Å²) in [6.07, 6.45) is 1.06. The van der Waals surface area contributed by atoms with E-state index in [0.29, 0.717) is 5.69 Å². The molecule has 19 heavy (non-hydrogen) atoms. The Morgan fingerprint density at radius 3 is 2.37 bits per heavy atom. The Labute approximate surface area is 117 Å². The predicted molar refractivity (Wildman–Crippen MR) is 82.6 cm³/mol. The minimum atomic E-state index is -0.182. The van der Waals surface area contributed by atoms with E-state index in [1.54, 1.807) is 13.1 Å². The summed E-state index contributed by atoms with van der Waals surface area (Å²) in [6, 6.07) is 3.54. The average molecular weight is 266 g/mol. The maximum Gasteiger partial charge on any atom is 0.148 e. The largest absolute Gasteiger partial charge is 0.386 e. The summed E-state index contributed by atoms with van der Waals surface area (Å²) >= 11 is 0. The number of halogens is 1. The molecule has 0 aliphatic rings. The molecule has 3 heteroatoms. The van der Waals surface area contributed by atoms with E-state index in [1.807, 2.05) is 13.0 Å². The SMILES string of the molecule is CCCN(CC(C)(C)C)c1cc(F)c(NC)cc1C. The molecule has 0 fully saturated rings. The van der Waals surface area contributed by atoms with E-state index in [0.717, 1.165) is 30.8 Å². The first-order valence-corrected chi connectivity index (χ1v) is 7.01. The molecule has 0 atom stereocenters. The predicted octanol–water partition coefficient (Wildman–Crippen LogP) is 4.44. The van der Waals surface area contributed by atoms with E-state index >= 15 is 0 Å². The van der Waals surface area contributed by atoms with Crippen LogP contribution in [0.25, 0.3) is 0 Å². The molecule has 0 amide bonds. The van der Waals surface area contributed by atoms with Gasteiger partial charge >= 0.3 is 0 Å². The Bertz CT molecular complexity index is 421. The van der Waals surface area contributed by atoms with Crippen LogP contribution in [-0.2, 0) is 0 Å². The van der Waals surface area contributed by atoms with Gasteiger partial charge in [0.25, 0.3) is 0 Å². The zero-order valence-corrected chi connectivity index (χ0v) is 13.1. The van der Waals surface area contributed by atoms with Gasteiger partial charge in [-0.25, -0.2) is 4.39 Å². The van der Waals surface area contributed by atoms with Crippen LogP contribution in [0.4, 0.5) is 15.8 Å². The molecule has 0 spiro atoms. The fraction of sp³-hybridized carbons (Fsp3) is 0.625. The van der Waals surface area contributed by atoms with Crippen molar-refractivity contribution in [3.8, 4) is 0 Å². The zero-order valence-electron chi connectivity index (χ0n) is 13.1. The van der Waals surface area contributed by atoms with Gasteiger partial charge in [-0.3, -0.25) is 0 Å². The zero-order chi connectivity index (χ0) is 14.6. The summed E-state index contributed by atoms with van der Waals surface area (Å²) in [4.78, 5) is 2.29. The molecule has 1 N–H and O–H groups in total. The van der Waals surface area contributed by atoms with Gasteiger partial charge in [-0.15, -0.1) is 0 Å². The smallest absolute Gasteiger partial charge is 0.148 e. The molecule has 1 aromatic carbocycles. The summed E-state index contributed by atoms with van der Waals surface area (Å²) in [5, 5.41) is 2.89. The molecule has 0 aliphatic heterocycles. The average Bonchev–Trinajstić information content (AvgIpc) is 2.29. The Morgan fingerprint density at radius 2 is 1.89 bits per heavy atom. The third-order valence-electron chi connectivity index (χ3n) is 3.05. The number of anilines is 2. The van der Waals surface area contributed by atoms with E-state index in [9.17, 15) is 4.39 Å². The van der Waals surface area contributed by atoms with Crippen LogP contribution >= 0.6 is 0 Å². The first kappa shape index (κ1) is 15.8. The Hall–Kier alpha value is -1.25. The number of hydrogen-bond acceptors (Lipinski definition) is 2. The highest BCUT2D eigenvalue weighted by Crippen LogP contribution is 2.29. The standard InChI is InChI=1S/C16H27FN2/c1-7-8-19(11-16(3,4)5)15-10-13(17)14(18-6)9-12(15)2/h9-10,18H,7-8,11H2,1-6H3. The second kappa shape index (κ2) is 6.27. The van der Waals surface area contributed by atoms with Crippen LogP contribution in [0.15, 0.2) is 12.1 Å². The molecular formula is C16H27FN2. The van der Waals surface area contributed by atoms with Crippen LogP contribution in [-0.4, -0.2) is 20.1 Å². The number of rotatable bonds is 5. The number of benzene rings is 1. The molecule has 0 saturated carbocycles. The van der Waals surface area contributed by atoms with Crippen LogP contribution in [0.5, 0.6) is 0 Å². The normalized spacial score (nSPS) is 11.5. The van der Waals surface area contributed by atoms with Crippen molar-refractivity contribution in [3.63, 3.8) is 0 Å². The van der Waals surface area contributed by atoms with Crippen LogP contribution in [0.1, 0.15) is 39.7 Å². The lowest BCUT2D eigenvalue weighted by Crippen LogP contribution is -2.34. The molecule has 108 valence electrons. The Kier molecular flexibility index (Phi) is 5.21. The lowest BCUT2D eigenvalue weighted by Gasteiger charge is -2.33. The maximum absolute atomic E-state index is 14.0. The van der Waals surface area contributed by atoms with Gasteiger partial charge in [-0.2, -0.15) is 0 Å². The van der Waals surface area contributed by atoms with Gasteiger partial charge in [0, 0.05) is 25.8 Å². The van der Waals surface area contributed by atoms with Gasteiger partial charge in [-0.05, 0) is 36.5 Å². The topological polar surface area (TPSA) is 15.3 Å². The fourth-order valence-electron chi connectivity index (χ4n) is 2.33. The highest BCUT2D eigenvalue weighted by molar-refractivity contribution is 5.61. The molecule has 0 unspecified atom stereocenters. The summed E-state index contributed by atoms with van der Waals surface area (Å²) in [5.41, 5.74) is 2.88. The van der Waals surface area contributed by atoms with Crippen molar-refractivity contribution in [1.82, 2.24) is 0 Å². The van der Waals surface area contributed by atoms with Gasteiger partial charge in [0.15, 0.2) is 0 Å². The van der Waals surface area contributed by atoms with Gasteiger partial charge < -0.3 is 10.2 Å². The van der Waals surface area contributed by atoms with E-state index in [2.05, 4.69) is 37.9 Å². The maximum atomic E-state index is 14.0. The van der Waals surface area contributed by atoms with Crippen molar-refractivity contribution < 1.29 is 4.39 Å². The summed E-state index contributed by atoms with van der Waals surface area (Å²) in [6.45, 7) is 12.7. The van der Waals surface area contributed by atoms with E-state index < -0.39 is 0 Å². The van der Waals surface area contributed by atoms with E-state index in [1.165, 1.54) is 0 Å². The quantitative estimate of drug-likeness (QED) is 0.847. The lowest BCUT2D eigenvalue weighted by molar-refractivity contribution is 0.409. The first-order valence-electron chi connectivity index (χ1n) is 7.01. The second-order valence-corrected chi connectivity index (χ2v) is 6.35. The van der Waals surface area contributed by atoms with Crippen molar-refractivity contribution in [2.24, 2.45) is 5.41 Å². The first-order chi connectivity index (χ1) is 8.78. The number of nitrogens with one attached hydrogen (secondary N) is 1. The molecule has 0 bridgehead atoms. The van der Waals surface area contributed by atoms with Crippen LogP contribution in [0.3, 0.4) is 0 Å². The second-order valence-electron chi connectivity index (χ2n) is 6.35. The third-order valence-corrected chi connectivity index (χ3v) is 3.05. The van der Waals surface area contributed by atoms with E-state index in [4.69, 9.17) is 0 Å². The van der Waals surface area contributed by atoms with Crippen LogP contribution in [0.2, 0.25) is 0 Å². The molecule has 0 aliphatic carbocycles. The molecular weight excluding hydrogens is 239 g/mol. The minimum Gasteiger partial charge on any atom is -0.386 e. The van der Waals surface area contributed by atoms with Gasteiger partial charge in [0.2, 0.25) is 0 Å². The molecule has 1 rings (SSSR count). The van der Waals surface area contributed by atoms with Crippen molar-refractivity contribution in [2.45, 2.75) is 41.0 Å². The summed E-state index contributed by atoms with van der Waals surface area (Å²) in [7, 11) is 1.75. The third kappa shape index (κ3) is 4.41. The van der Waals surface area contributed by atoms with E-state index in [-0.39, 0.29) is 11.2 Å². The summed E-state index contributed by atoms with van der Waals surface area (Å²) in [5.74, 6) is -0.182. The van der Waals surface area contributed by atoms with Gasteiger partial charge in [0.05, 0.1) is 5.69 Å². The van der Waals surface area contributed by atoms with Crippen LogP contribution in [0, 0.1) is 18.2 Å². The minimum absolute atomic E-state index is 0.182. The molecule has 1 aromatic rings. The Morgan fingerprint density at radius 1 is 1.26 bits per heavy atom. The molecule has 2 nitrogen and oxygen atoms in total. The van der Waals surface area contributed by atoms with Crippen molar-refractivity contribution >= 4 is 11.4 Å². The molecule has 0 aromatic heterocycles. The summed E-state index contributed by atoms with van der Waals surface area (Å²) < 4.78 is 14.0. The number of aryl methyl sites for hydroxylation is 1. The molecule has 0 heterocycles. The highest BCUT2D eigenvalue weighted by Gasteiger charge is 2.19.